The maximum Gasteiger partial charge on any atom is 0.220 e. The van der Waals surface area contributed by atoms with Gasteiger partial charge in [-0.3, -0.25) is 9.69 Å². The van der Waals surface area contributed by atoms with E-state index in [2.05, 4.69) is 26.2 Å². The predicted molar refractivity (Wildman–Crippen MR) is 101 cm³/mol. The van der Waals surface area contributed by atoms with Crippen molar-refractivity contribution in [3.8, 4) is 0 Å². The van der Waals surface area contributed by atoms with Gasteiger partial charge in [-0.05, 0) is 6.42 Å². The van der Waals surface area contributed by atoms with Crippen LogP contribution in [-0.4, -0.2) is 89.3 Å². The molecular formula is C16H39N7O. The van der Waals surface area contributed by atoms with Crippen molar-refractivity contribution in [2.75, 3.05) is 78.5 Å². The number of nitrogens with zero attached hydrogens (tertiary/aromatic N) is 1. The lowest BCUT2D eigenvalue weighted by molar-refractivity contribution is -0.121. The van der Waals surface area contributed by atoms with E-state index in [9.17, 15) is 4.79 Å². The number of nitrogens with one attached hydrogen (secondary N) is 4. The van der Waals surface area contributed by atoms with Gasteiger partial charge in [-0.15, -0.1) is 0 Å². The minimum Gasteiger partial charge on any atom is -0.355 e. The highest BCUT2D eigenvalue weighted by Gasteiger charge is 2.04. The van der Waals surface area contributed by atoms with Gasteiger partial charge in [0.25, 0.3) is 0 Å². The topological polar surface area (TPSA) is 120 Å². The standard InChI is InChI=1S/C16H39N7O/c1-2-3-16(24)22-9-8-21-12-15-23(13-10-19-6-4-17)14-11-20-7-5-18/h19-21H,2-15,17-18H2,1H3,(H,22,24). The van der Waals surface area contributed by atoms with Gasteiger partial charge in [0, 0.05) is 85.0 Å². The fourth-order valence-corrected chi connectivity index (χ4v) is 2.23. The van der Waals surface area contributed by atoms with Crippen molar-refractivity contribution in [2.45, 2.75) is 19.8 Å². The third-order valence-electron chi connectivity index (χ3n) is 3.56. The van der Waals surface area contributed by atoms with E-state index in [1.54, 1.807) is 0 Å². The minimum absolute atomic E-state index is 0.137. The molecule has 0 heterocycles. The van der Waals surface area contributed by atoms with Crippen LogP contribution in [0, 0.1) is 0 Å². The third-order valence-corrected chi connectivity index (χ3v) is 3.56. The van der Waals surface area contributed by atoms with Gasteiger partial charge in [0.2, 0.25) is 5.91 Å². The smallest absolute Gasteiger partial charge is 0.220 e. The predicted octanol–water partition coefficient (Wildman–Crippen LogP) is -2.11. The van der Waals surface area contributed by atoms with Crippen molar-refractivity contribution >= 4 is 5.91 Å². The van der Waals surface area contributed by atoms with Gasteiger partial charge in [0.1, 0.15) is 0 Å². The molecule has 0 bridgehead atoms. The Hall–Kier alpha value is -0.770. The van der Waals surface area contributed by atoms with E-state index >= 15 is 0 Å². The summed E-state index contributed by atoms with van der Waals surface area (Å²) in [5, 5.41) is 12.9. The SMILES string of the molecule is CCCC(=O)NCCNCCN(CCNCCN)CCNCCN. The summed E-state index contributed by atoms with van der Waals surface area (Å²) in [7, 11) is 0. The van der Waals surface area contributed by atoms with Crippen LogP contribution < -0.4 is 32.7 Å². The second-order valence-corrected chi connectivity index (χ2v) is 5.77. The van der Waals surface area contributed by atoms with E-state index in [4.69, 9.17) is 11.5 Å². The summed E-state index contributed by atoms with van der Waals surface area (Å²) in [4.78, 5) is 13.8. The number of hydrogen-bond acceptors (Lipinski definition) is 7. The summed E-state index contributed by atoms with van der Waals surface area (Å²) < 4.78 is 0. The lowest BCUT2D eigenvalue weighted by Gasteiger charge is -2.23. The Bertz CT molecular complexity index is 267. The van der Waals surface area contributed by atoms with E-state index < -0.39 is 0 Å². The first-order valence-electron chi connectivity index (χ1n) is 9.25. The molecule has 0 aromatic carbocycles. The Morgan fingerprint density at radius 3 is 1.75 bits per heavy atom. The molecule has 24 heavy (non-hydrogen) atoms. The second kappa shape index (κ2) is 18.6. The molecule has 8 nitrogen and oxygen atoms in total. The molecule has 0 aliphatic rings. The Kier molecular flexibility index (Phi) is 18.0. The van der Waals surface area contributed by atoms with Crippen molar-refractivity contribution in [3.63, 3.8) is 0 Å². The molecule has 1 amide bonds. The molecule has 0 aromatic heterocycles. The highest BCUT2D eigenvalue weighted by atomic mass is 16.1. The van der Waals surface area contributed by atoms with Crippen LogP contribution in [0.25, 0.3) is 0 Å². The highest BCUT2D eigenvalue weighted by molar-refractivity contribution is 5.75. The molecule has 0 rings (SSSR count). The molecule has 0 radical (unpaired) electrons. The molecule has 0 unspecified atom stereocenters. The lowest BCUT2D eigenvalue weighted by Crippen LogP contribution is -2.42. The second-order valence-electron chi connectivity index (χ2n) is 5.77. The number of rotatable bonds is 18. The highest BCUT2D eigenvalue weighted by Crippen LogP contribution is 1.86. The molecule has 0 aliphatic carbocycles. The first-order chi connectivity index (χ1) is 11.7. The molecule has 8 heteroatoms. The third kappa shape index (κ3) is 16.1. The Labute approximate surface area is 147 Å². The largest absolute Gasteiger partial charge is 0.355 e. The zero-order valence-corrected chi connectivity index (χ0v) is 15.4. The molecule has 0 aromatic rings. The van der Waals surface area contributed by atoms with Crippen LogP contribution in [0.4, 0.5) is 0 Å². The molecule has 0 fully saturated rings. The van der Waals surface area contributed by atoms with Gasteiger partial charge >= 0.3 is 0 Å². The lowest BCUT2D eigenvalue weighted by atomic mass is 10.3. The fraction of sp³-hybridized carbons (Fsp3) is 0.938. The average Bonchev–Trinajstić information content (AvgIpc) is 2.58. The van der Waals surface area contributed by atoms with Gasteiger partial charge in [-0.1, -0.05) is 6.92 Å². The minimum atomic E-state index is 0.137. The number of amides is 1. The van der Waals surface area contributed by atoms with Crippen molar-refractivity contribution in [1.29, 1.82) is 0 Å². The van der Waals surface area contributed by atoms with Crippen molar-refractivity contribution in [2.24, 2.45) is 11.5 Å². The van der Waals surface area contributed by atoms with Crippen LogP contribution in [0.2, 0.25) is 0 Å². The maximum atomic E-state index is 11.3. The van der Waals surface area contributed by atoms with Crippen LogP contribution in [0.15, 0.2) is 0 Å². The Balaban J connectivity index is 3.74. The van der Waals surface area contributed by atoms with E-state index in [1.807, 2.05) is 6.92 Å². The summed E-state index contributed by atoms with van der Waals surface area (Å²) in [5.74, 6) is 0.137. The molecule has 0 saturated heterocycles. The Morgan fingerprint density at radius 2 is 1.29 bits per heavy atom. The monoisotopic (exact) mass is 345 g/mol. The summed E-state index contributed by atoms with van der Waals surface area (Å²) >= 11 is 0. The Morgan fingerprint density at radius 1 is 0.792 bits per heavy atom. The van der Waals surface area contributed by atoms with Crippen LogP contribution in [-0.2, 0) is 4.79 Å². The molecule has 0 atom stereocenters. The summed E-state index contributed by atoms with van der Waals surface area (Å²) in [6.45, 7) is 12.3. The fourth-order valence-electron chi connectivity index (χ4n) is 2.23. The van der Waals surface area contributed by atoms with Crippen molar-refractivity contribution < 1.29 is 4.79 Å². The molecule has 8 N–H and O–H groups in total. The van der Waals surface area contributed by atoms with Crippen LogP contribution in [0.1, 0.15) is 19.8 Å². The first-order valence-corrected chi connectivity index (χ1v) is 9.25. The maximum absolute atomic E-state index is 11.3. The molecule has 144 valence electrons. The average molecular weight is 346 g/mol. The van der Waals surface area contributed by atoms with Crippen LogP contribution >= 0.6 is 0 Å². The summed E-state index contributed by atoms with van der Waals surface area (Å²) in [6.07, 6.45) is 1.50. The van der Waals surface area contributed by atoms with Gasteiger partial charge in [-0.2, -0.15) is 0 Å². The number of carbonyl (C=O) groups is 1. The van der Waals surface area contributed by atoms with Crippen molar-refractivity contribution in [3.05, 3.63) is 0 Å². The molecular weight excluding hydrogens is 306 g/mol. The summed E-state index contributed by atoms with van der Waals surface area (Å²) in [6, 6.07) is 0. The normalized spacial score (nSPS) is 11.2. The van der Waals surface area contributed by atoms with Gasteiger partial charge in [-0.25, -0.2) is 0 Å². The van der Waals surface area contributed by atoms with E-state index in [1.165, 1.54) is 0 Å². The molecule has 0 saturated carbocycles. The first kappa shape index (κ1) is 23.2. The quantitative estimate of drug-likeness (QED) is 0.157. The molecule has 0 aliphatic heterocycles. The van der Waals surface area contributed by atoms with E-state index in [-0.39, 0.29) is 5.91 Å². The molecule has 0 spiro atoms. The van der Waals surface area contributed by atoms with Gasteiger partial charge in [0.15, 0.2) is 0 Å². The number of hydrogen-bond donors (Lipinski definition) is 6. The van der Waals surface area contributed by atoms with Crippen molar-refractivity contribution in [1.82, 2.24) is 26.2 Å². The van der Waals surface area contributed by atoms with Gasteiger partial charge in [0.05, 0.1) is 0 Å². The number of carbonyl (C=O) groups excluding carboxylic acids is 1. The number of nitrogens with two attached hydrogens (primary N) is 2. The zero-order chi connectivity index (χ0) is 17.9. The van der Waals surface area contributed by atoms with E-state index in [0.29, 0.717) is 26.1 Å². The van der Waals surface area contributed by atoms with Crippen LogP contribution in [0.5, 0.6) is 0 Å². The van der Waals surface area contributed by atoms with Gasteiger partial charge < -0.3 is 32.7 Å². The van der Waals surface area contributed by atoms with Crippen LogP contribution in [0.3, 0.4) is 0 Å². The summed E-state index contributed by atoms with van der Waals surface area (Å²) in [5.41, 5.74) is 11.0. The zero-order valence-electron chi connectivity index (χ0n) is 15.4. The van der Waals surface area contributed by atoms with E-state index in [0.717, 1.165) is 65.3 Å².